The van der Waals surface area contributed by atoms with Crippen LogP contribution in [0.2, 0.25) is 0 Å². The van der Waals surface area contributed by atoms with Gasteiger partial charge in [-0.25, -0.2) is 4.39 Å². The average molecular weight is 302 g/mol. The fourth-order valence-electron chi connectivity index (χ4n) is 1.81. The highest BCUT2D eigenvalue weighted by atomic mass is 19.1. The highest BCUT2D eigenvalue weighted by molar-refractivity contribution is 5.95. The predicted molar refractivity (Wildman–Crippen MR) is 70.9 cm³/mol. The highest BCUT2D eigenvalue weighted by Gasteiger charge is 2.27. The number of aliphatic hydroxyl groups excluding tert-OH is 1. The van der Waals surface area contributed by atoms with Gasteiger partial charge in [0.25, 0.3) is 5.91 Å². The lowest BCUT2D eigenvalue weighted by Crippen LogP contribution is -2.29. The van der Waals surface area contributed by atoms with Crippen LogP contribution in [0.5, 0.6) is 0 Å². The molecule has 0 unspecified atom stereocenters. The third kappa shape index (κ3) is 4.19. The topological polar surface area (TPSA) is 83.7 Å². The number of nitrogens with zero attached hydrogens (tertiary/aromatic N) is 2. The Hall–Kier alpha value is -2.09. The van der Waals surface area contributed by atoms with Crippen molar-refractivity contribution < 1.29 is 23.6 Å². The molecular formula is C13H16F2N2O4. The van der Waals surface area contributed by atoms with Crippen LogP contribution in [-0.2, 0) is 0 Å². The average Bonchev–Trinajstić information content (AvgIpc) is 2.42. The minimum absolute atomic E-state index is 0.0335. The Balaban J connectivity index is 2.91. The quantitative estimate of drug-likeness (QED) is 0.475. The fourth-order valence-corrected chi connectivity index (χ4v) is 1.81. The molecule has 0 aromatic heterocycles. The molecular weight excluding hydrogens is 286 g/mol. The van der Waals surface area contributed by atoms with Crippen LogP contribution in [0.15, 0.2) is 12.1 Å². The minimum atomic E-state index is -1.47. The number of amides is 1. The number of halogens is 2. The van der Waals surface area contributed by atoms with Gasteiger partial charge in [-0.1, -0.05) is 0 Å². The second-order valence-corrected chi connectivity index (χ2v) is 4.52. The molecule has 0 heterocycles. The summed E-state index contributed by atoms with van der Waals surface area (Å²) in [5.74, 6) is -3.55. The standard InChI is InChI=1S/C13H16F2N2O4/c1-16(7-3-2-4-8-18)13(19)11-9(14)5-6-10(12(11)15)17(20)21/h5-6,18H,2-4,7-8H2,1H3. The summed E-state index contributed by atoms with van der Waals surface area (Å²) >= 11 is 0. The van der Waals surface area contributed by atoms with Crippen LogP contribution in [0.1, 0.15) is 29.6 Å². The van der Waals surface area contributed by atoms with Crippen LogP contribution in [-0.4, -0.2) is 41.0 Å². The number of unbranched alkanes of at least 4 members (excludes halogenated alkanes) is 2. The van der Waals surface area contributed by atoms with Gasteiger partial charge in [-0.05, 0) is 25.3 Å². The van der Waals surface area contributed by atoms with Gasteiger partial charge in [-0.3, -0.25) is 14.9 Å². The number of nitro benzene ring substituents is 1. The van der Waals surface area contributed by atoms with Gasteiger partial charge >= 0.3 is 5.69 Å². The molecule has 0 aliphatic rings. The molecule has 0 radical (unpaired) electrons. The molecule has 0 bridgehead atoms. The van der Waals surface area contributed by atoms with E-state index < -0.39 is 33.7 Å². The molecule has 0 aliphatic carbocycles. The van der Waals surface area contributed by atoms with Crippen molar-refractivity contribution in [1.82, 2.24) is 4.90 Å². The van der Waals surface area contributed by atoms with Gasteiger partial charge in [0.05, 0.1) is 4.92 Å². The van der Waals surface area contributed by atoms with E-state index >= 15 is 0 Å². The molecule has 0 atom stereocenters. The first-order chi connectivity index (χ1) is 9.90. The molecule has 1 N–H and O–H groups in total. The zero-order valence-electron chi connectivity index (χ0n) is 11.5. The molecule has 21 heavy (non-hydrogen) atoms. The highest BCUT2D eigenvalue weighted by Crippen LogP contribution is 2.24. The summed E-state index contributed by atoms with van der Waals surface area (Å²) in [4.78, 5) is 22.7. The Kier molecular flexibility index (Phi) is 6.16. The van der Waals surface area contributed by atoms with E-state index in [1.54, 1.807) is 0 Å². The maximum atomic E-state index is 13.9. The summed E-state index contributed by atoms with van der Waals surface area (Å²) in [6.45, 7) is 0.270. The van der Waals surface area contributed by atoms with Crippen molar-refractivity contribution in [3.63, 3.8) is 0 Å². The zero-order valence-corrected chi connectivity index (χ0v) is 11.5. The van der Waals surface area contributed by atoms with Crippen LogP contribution < -0.4 is 0 Å². The minimum Gasteiger partial charge on any atom is -0.396 e. The lowest BCUT2D eigenvalue weighted by molar-refractivity contribution is -0.387. The van der Waals surface area contributed by atoms with E-state index in [0.29, 0.717) is 31.4 Å². The smallest absolute Gasteiger partial charge is 0.305 e. The van der Waals surface area contributed by atoms with Gasteiger partial charge in [0.1, 0.15) is 11.4 Å². The molecule has 0 fully saturated rings. The van der Waals surface area contributed by atoms with E-state index in [4.69, 9.17) is 5.11 Å². The zero-order chi connectivity index (χ0) is 16.0. The molecule has 1 aromatic rings. The fraction of sp³-hybridized carbons (Fsp3) is 0.462. The van der Waals surface area contributed by atoms with Crippen LogP contribution in [0, 0.1) is 21.7 Å². The van der Waals surface area contributed by atoms with Gasteiger partial charge in [0.15, 0.2) is 0 Å². The monoisotopic (exact) mass is 302 g/mol. The van der Waals surface area contributed by atoms with Crippen LogP contribution in [0.25, 0.3) is 0 Å². The number of aliphatic hydroxyl groups is 1. The molecule has 1 amide bonds. The van der Waals surface area contributed by atoms with Gasteiger partial charge < -0.3 is 10.0 Å². The second kappa shape index (κ2) is 7.63. The van der Waals surface area contributed by atoms with Gasteiger partial charge in [-0.15, -0.1) is 0 Å². The largest absolute Gasteiger partial charge is 0.396 e. The Morgan fingerprint density at radius 3 is 2.57 bits per heavy atom. The molecule has 6 nitrogen and oxygen atoms in total. The Morgan fingerprint density at radius 2 is 2.00 bits per heavy atom. The molecule has 0 saturated heterocycles. The summed E-state index contributed by atoms with van der Waals surface area (Å²) in [5, 5.41) is 19.2. The SMILES string of the molecule is CN(CCCCCO)C(=O)c1c(F)ccc([N+](=O)[O-])c1F. The van der Waals surface area contributed by atoms with Crippen LogP contribution in [0.4, 0.5) is 14.5 Å². The van der Waals surface area contributed by atoms with Crippen molar-refractivity contribution in [2.24, 2.45) is 0 Å². The molecule has 116 valence electrons. The molecule has 0 spiro atoms. The lowest BCUT2D eigenvalue weighted by atomic mass is 10.1. The number of hydrogen-bond donors (Lipinski definition) is 1. The van der Waals surface area contributed by atoms with E-state index in [1.165, 1.54) is 7.05 Å². The first kappa shape index (κ1) is 17.0. The molecule has 8 heteroatoms. The maximum Gasteiger partial charge on any atom is 0.305 e. The molecule has 0 aliphatic heterocycles. The van der Waals surface area contributed by atoms with Crippen molar-refractivity contribution in [3.05, 3.63) is 39.4 Å². The Bertz CT molecular complexity index is 537. The number of nitro groups is 1. The summed E-state index contributed by atoms with van der Waals surface area (Å²) in [7, 11) is 1.36. The molecule has 1 rings (SSSR count). The normalized spacial score (nSPS) is 10.5. The van der Waals surface area contributed by atoms with Crippen molar-refractivity contribution in [3.8, 4) is 0 Å². The second-order valence-electron chi connectivity index (χ2n) is 4.52. The Labute approximate surface area is 120 Å². The number of hydrogen-bond acceptors (Lipinski definition) is 4. The first-order valence-corrected chi connectivity index (χ1v) is 6.38. The predicted octanol–water partition coefficient (Wildman–Crippen LogP) is 2.11. The molecule has 1 aromatic carbocycles. The summed E-state index contributed by atoms with van der Waals surface area (Å²) in [6.07, 6.45) is 1.79. The lowest BCUT2D eigenvalue weighted by Gasteiger charge is -2.17. The summed E-state index contributed by atoms with van der Waals surface area (Å²) in [5.41, 5.74) is -1.86. The number of carbonyl (C=O) groups is 1. The van der Waals surface area contributed by atoms with E-state index in [0.717, 1.165) is 4.90 Å². The first-order valence-electron chi connectivity index (χ1n) is 6.38. The molecule has 0 saturated carbocycles. The Morgan fingerprint density at radius 1 is 1.33 bits per heavy atom. The third-order valence-electron chi connectivity index (χ3n) is 2.98. The third-order valence-corrected chi connectivity index (χ3v) is 2.98. The van der Waals surface area contributed by atoms with Crippen molar-refractivity contribution in [2.75, 3.05) is 20.2 Å². The van der Waals surface area contributed by atoms with Crippen molar-refractivity contribution >= 4 is 11.6 Å². The van der Waals surface area contributed by atoms with E-state index in [-0.39, 0.29) is 13.2 Å². The maximum absolute atomic E-state index is 13.9. The van der Waals surface area contributed by atoms with E-state index in [2.05, 4.69) is 0 Å². The van der Waals surface area contributed by atoms with E-state index in [9.17, 15) is 23.7 Å². The summed E-state index contributed by atoms with van der Waals surface area (Å²) < 4.78 is 27.5. The number of carbonyl (C=O) groups excluding carboxylic acids is 1. The van der Waals surface area contributed by atoms with Gasteiger partial charge in [0.2, 0.25) is 5.82 Å². The van der Waals surface area contributed by atoms with Crippen LogP contribution in [0.3, 0.4) is 0 Å². The summed E-state index contributed by atoms with van der Waals surface area (Å²) in [6, 6.07) is 1.39. The number of benzene rings is 1. The van der Waals surface area contributed by atoms with Gasteiger partial charge in [0, 0.05) is 26.3 Å². The van der Waals surface area contributed by atoms with E-state index in [1.807, 2.05) is 0 Å². The van der Waals surface area contributed by atoms with Crippen molar-refractivity contribution in [1.29, 1.82) is 0 Å². The van der Waals surface area contributed by atoms with Gasteiger partial charge in [-0.2, -0.15) is 4.39 Å². The van der Waals surface area contributed by atoms with Crippen molar-refractivity contribution in [2.45, 2.75) is 19.3 Å². The number of rotatable bonds is 7. The van der Waals surface area contributed by atoms with Crippen LogP contribution >= 0.6 is 0 Å².